The van der Waals surface area contributed by atoms with Crippen molar-refractivity contribution in [2.75, 3.05) is 0 Å². The molecule has 0 N–H and O–H groups in total. The maximum Gasteiger partial charge on any atom is 0.129 e. The first kappa shape index (κ1) is 12.3. The van der Waals surface area contributed by atoms with Gasteiger partial charge in [-0.3, -0.25) is 4.99 Å². The second kappa shape index (κ2) is 5.94. The van der Waals surface area contributed by atoms with Crippen molar-refractivity contribution in [2.45, 2.75) is 6.54 Å². The van der Waals surface area contributed by atoms with Crippen molar-refractivity contribution in [1.82, 2.24) is 4.98 Å². The molecule has 17 heavy (non-hydrogen) atoms. The minimum Gasteiger partial charge on any atom is -0.288 e. The molecule has 0 atom stereocenters. The van der Waals surface area contributed by atoms with Gasteiger partial charge in [-0.15, -0.1) is 0 Å². The standard InChI is InChI=1S/C13H10BrClN2/c14-12-4-1-10(2-5-12)7-16-8-11-3-6-13(15)17-9-11/h1-7,9H,8H2. The summed E-state index contributed by atoms with van der Waals surface area (Å²) < 4.78 is 1.07. The number of aliphatic imine (C=N–C) groups is 1. The number of nitrogens with zero attached hydrogens (tertiary/aromatic N) is 2. The summed E-state index contributed by atoms with van der Waals surface area (Å²) in [7, 11) is 0. The zero-order valence-corrected chi connectivity index (χ0v) is 11.3. The summed E-state index contributed by atoms with van der Waals surface area (Å²) in [4.78, 5) is 8.35. The maximum absolute atomic E-state index is 5.70. The molecule has 86 valence electrons. The van der Waals surface area contributed by atoms with E-state index in [1.165, 1.54) is 0 Å². The molecule has 0 saturated carbocycles. The molecule has 2 rings (SSSR count). The van der Waals surface area contributed by atoms with E-state index in [1.807, 2.05) is 36.5 Å². The van der Waals surface area contributed by atoms with Crippen molar-refractivity contribution in [3.8, 4) is 0 Å². The predicted octanol–water partition coefficient (Wildman–Crippen LogP) is 4.12. The summed E-state index contributed by atoms with van der Waals surface area (Å²) in [5.74, 6) is 0. The lowest BCUT2D eigenvalue weighted by atomic mass is 10.2. The van der Waals surface area contributed by atoms with Crippen molar-refractivity contribution in [2.24, 2.45) is 4.99 Å². The molecule has 0 aliphatic heterocycles. The number of hydrogen-bond acceptors (Lipinski definition) is 2. The predicted molar refractivity (Wildman–Crippen MR) is 74.7 cm³/mol. The Bertz CT molecular complexity index is 506. The lowest BCUT2D eigenvalue weighted by Crippen LogP contribution is -1.86. The van der Waals surface area contributed by atoms with Crippen LogP contribution in [0.3, 0.4) is 0 Å². The molecule has 1 aromatic heterocycles. The normalized spacial score (nSPS) is 10.9. The lowest BCUT2D eigenvalue weighted by molar-refractivity contribution is 1.05. The molecule has 0 aliphatic rings. The Hall–Kier alpha value is -1.19. The van der Waals surface area contributed by atoms with Crippen LogP contribution in [0, 0.1) is 0 Å². The van der Waals surface area contributed by atoms with Crippen molar-refractivity contribution < 1.29 is 0 Å². The summed E-state index contributed by atoms with van der Waals surface area (Å²) in [6.07, 6.45) is 3.59. The van der Waals surface area contributed by atoms with Crippen LogP contribution in [0.25, 0.3) is 0 Å². The van der Waals surface area contributed by atoms with Gasteiger partial charge in [-0.05, 0) is 29.3 Å². The average Bonchev–Trinajstić information content (AvgIpc) is 2.34. The SMILES string of the molecule is Clc1ccc(CN=Cc2ccc(Br)cc2)cn1. The number of aromatic nitrogens is 1. The van der Waals surface area contributed by atoms with E-state index in [4.69, 9.17) is 11.6 Å². The van der Waals surface area contributed by atoms with Gasteiger partial charge in [0, 0.05) is 16.9 Å². The second-order valence-corrected chi connectivity index (χ2v) is 4.81. The Kier molecular flexibility index (Phi) is 4.29. The van der Waals surface area contributed by atoms with E-state index in [-0.39, 0.29) is 0 Å². The zero-order chi connectivity index (χ0) is 12.1. The van der Waals surface area contributed by atoms with E-state index in [0.29, 0.717) is 11.7 Å². The third-order valence-corrected chi connectivity index (χ3v) is 2.93. The lowest BCUT2D eigenvalue weighted by Gasteiger charge is -1.96. The number of hydrogen-bond donors (Lipinski definition) is 0. The molecule has 2 nitrogen and oxygen atoms in total. The molecule has 1 aromatic carbocycles. The van der Waals surface area contributed by atoms with Crippen LogP contribution in [0.2, 0.25) is 5.15 Å². The second-order valence-electron chi connectivity index (χ2n) is 3.51. The van der Waals surface area contributed by atoms with Gasteiger partial charge in [0.1, 0.15) is 5.15 Å². The maximum atomic E-state index is 5.70. The van der Waals surface area contributed by atoms with Gasteiger partial charge >= 0.3 is 0 Å². The molecule has 0 saturated heterocycles. The van der Waals surface area contributed by atoms with Crippen LogP contribution in [-0.4, -0.2) is 11.2 Å². The van der Waals surface area contributed by atoms with Crippen LogP contribution in [0.1, 0.15) is 11.1 Å². The molecule has 0 radical (unpaired) electrons. The van der Waals surface area contributed by atoms with Gasteiger partial charge in [-0.25, -0.2) is 4.98 Å². The van der Waals surface area contributed by atoms with Crippen LogP contribution in [0.15, 0.2) is 52.1 Å². The fourth-order valence-corrected chi connectivity index (χ4v) is 1.68. The smallest absolute Gasteiger partial charge is 0.129 e. The largest absolute Gasteiger partial charge is 0.288 e. The number of rotatable bonds is 3. The summed E-state index contributed by atoms with van der Waals surface area (Å²) in [6.45, 7) is 0.611. The molecule has 0 unspecified atom stereocenters. The fraction of sp³-hybridized carbons (Fsp3) is 0.0769. The highest BCUT2D eigenvalue weighted by Gasteiger charge is 1.92. The molecular formula is C13H10BrClN2. The third-order valence-electron chi connectivity index (χ3n) is 2.17. The average molecular weight is 310 g/mol. The minimum absolute atomic E-state index is 0.505. The van der Waals surface area contributed by atoms with Gasteiger partial charge in [-0.2, -0.15) is 0 Å². The van der Waals surface area contributed by atoms with Gasteiger partial charge in [0.15, 0.2) is 0 Å². The Morgan fingerprint density at radius 3 is 2.59 bits per heavy atom. The van der Waals surface area contributed by atoms with Gasteiger partial charge in [0.05, 0.1) is 6.54 Å². The quantitative estimate of drug-likeness (QED) is 0.618. The van der Waals surface area contributed by atoms with Gasteiger partial charge in [0.2, 0.25) is 0 Å². The first-order chi connectivity index (χ1) is 8.24. The summed E-state index contributed by atoms with van der Waals surface area (Å²) >= 11 is 9.09. The third kappa shape index (κ3) is 3.95. The van der Waals surface area contributed by atoms with E-state index >= 15 is 0 Å². The minimum atomic E-state index is 0.505. The summed E-state index contributed by atoms with van der Waals surface area (Å²) in [5.41, 5.74) is 2.12. The zero-order valence-electron chi connectivity index (χ0n) is 8.98. The van der Waals surface area contributed by atoms with Crippen LogP contribution in [0.5, 0.6) is 0 Å². The first-order valence-corrected chi connectivity index (χ1v) is 6.27. The fourth-order valence-electron chi connectivity index (χ4n) is 1.31. The topological polar surface area (TPSA) is 25.2 Å². The highest BCUT2D eigenvalue weighted by molar-refractivity contribution is 9.10. The van der Waals surface area contributed by atoms with E-state index in [2.05, 4.69) is 25.9 Å². The Morgan fingerprint density at radius 1 is 1.18 bits per heavy atom. The van der Waals surface area contributed by atoms with E-state index in [9.17, 15) is 0 Å². The summed E-state index contributed by atoms with van der Waals surface area (Å²) in [5, 5.41) is 0.505. The molecular weight excluding hydrogens is 300 g/mol. The number of benzene rings is 1. The molecule has 1 heterocycles. The highest BCUT2D eigenvalue weighted by atomic mass is 79.9. The first-order valence-electron chi connectivity index (χ1n) is 5.10. The van der Waals surface area contributed by atoms with Crippen molar-refractivity contribution in [3.05, 3.63) is 63.3 Å². The van der Waals surface area contributed by atoms with E-state index < -0.39 is 0 Å². The molecule has 0 spiro atoms. The van der Waals surface area contributed by atoms with Crippen molar-refractivity contribution >= 4 is 33.7 Å². The van der Waals surface area contributed by atoms with E-state index in [0.717, 1.165) is 15.6 Å². The van der Waals surface area contributed by atoms with Gasteiger partial charge < -0.3 is 0 Å². The van der Waals surface area contributed by atoms with Crippen molar-refractivity contribution in [1.29, 1.82) is 0 Å². The monoisotopic (exact) mass is 308 g/mol. The van der Waals surface area contributed by atoms with E-state index in [1.54, 1.807) is 12.3 Å². The molecule has 0 aliphatic carbocycles. The van der Waals surface area contributed by atoms with Gasteiger partial charge in [0.25, 0.3) is 0 Å². The Balaban J connectivity index is 1.97. The highest BCUT2D eigenvalue weighted by Crippen LogP contribution is 2.10. The molecule has 2 aromatic rings. The van der Waals surface area contributed by atoms with Crippen LogP contribution >= 0.6 is 27.5 Å². The summed E-state index contributed by atoms with van der Waals surface area (Å²) in [6, 6.07) is 11.7. The van der Waals surface area contributed by atoms with Crippen LogP contribution < -0.4 is 0 Å². The van der Waals surface area contributed by atoms with Crippen molar-refractivity contribution in [3.63, 3.8) is 0 Å². The van der Waals surface area contributed by atoms with Gasteiger partial charge in [-0.1, -0.05) is 45.7 Å². The van der Waals surface area contributed by atoms with Crippen LogP contribution in [-0.2, 0) is 6.54 Å². The number of halogens is 2. The number of pyridine rings is 1. The molecule has 0 amide bonds. The Morgan fingerprint density at radius 2 is 1.94 bits per heavy atom. The Labute approximate surface area is 114 Å². The molecule has 4 heteroatoms. The molecule has 0 bridgehead atoms. The molecule has 0 fully saturated rings. The van der Waals surface area contributed by atoms with Crippen LogP contribution in [0.4, 0.5) is 0 Å².